The summed E-state index contributed by atoms with van der Waals surface area (Å²) in [5.41, 5.74) is 0.459. The largest absolute Gasteiger partial charge is 0.380 e. The van der Waals surface area contributed by atoms with E-state index < -0.39 is 0 Å². The van der Waals surface area contributed by atoms with Gasteiger partial charge in [0.2, 0.25) is 5.91 Å². The number of carbonyl (C=O) groups excluding carboxylic acids is 1. The maximum absolute atomic E-state index is 11.1. The van der Waals surface area contributed by atoms with E-state index in [1.165, 1.54) is 7.11 Å². The molecule has 0 unspecified atom stereocenters. The summed E-state index contributed by atoms with van der Waals surface area (Å²) >= 11 is 0. The minimum absolute atomic E-state index is 0.137. The molecule has 0 aliphatic rings. The third-order valence-corrected chi connectivity index (χ3v) is 1.06. The molecular weight excluding hydrogens is 142 g/mol. The molecule has 3 heteroatoms. The Balaban J connectivity index is 3.74. The van der Waals surface area contributed by atoms with Crippen LogP contribution in [0, 0.1) is 0 Å². The number of rotatable bonds is 4. The van der Waals surface area contributed by atoms with Crippen LogP contribution in [0.5, 0.6) is 0 Å². The van der Waals surface area contributed by atoms with Crippen LogP contribution in [0.3, 0.4) is 0 Å². The van der Waals surface area contributed by atoms with Crippen molar-refractivity contribution in [3.05, 3.63) is 12.2 Å². The first kappa shape index (κ1) is 10.2. The van der Waals surface area contributed by atoms with Crippen molar-refractivity contribution < 1.29 is 9.53 Å². The van der Waals surface area contributed by atoms with E-state index in [4.69, 9.17) is 4.74 Å². The molecule has 0 rings (SSSR count). The molecule has 1 amide bonds. The summed E-state index contributed by atoms with van der Waals surface area (Å²) in [4.78, 5) is 11.1. The number of amides is 1. The fraction of sp³-hybridized carbons (Fsp3) is 0.625. The Morgan fingerprint density at radius 3 is 2.55 bits per heavy atom. The highest BCUT2D eigenvalue weighted by Crippen LogP contribution is 1.91. The van der Waals surface area contributed by atoms with E-state index in [1.807, 2.05) is 13.8 Å². The van der Waals surface area contributed by atoms with Crippen molar-refractivity contribution in [1.82, 2.24) is 5.32 Å². The molecule has 11 heavy (non-hydrogen) atoms. The molecule has 0 saturated carbocycles. The second-order valence-corrected chi connectivity index (χ2v) is 2.66. The molecular formula is C8H15NO2. The first-order chi connectivity index (χ1) is 5.07. The van der Waals surface area contributed by atoms with Crippen LogP contribution in [0.1, 0.15) is 13.8 Å². The molecule has 3 nitrogen and oxygen atoms in total. The summed E-state index contributed by atoms with van der Waals surface area (Å²) in [5.74, 6) is -0.137. The highest BCUT2D eigenvalue weighted by molar-refractivity contribution is 5.93. The van der Waals surface area contributed by atoms with Gasteiger partial charge in [-0.2, -0.15) is 0 Å². The highest BCUT2D eigenvalue weighted by Gasteiger charge is 2.06. The standard InChI is InChI=1S/C8H15NO2/c1-6(2)9-8(10)7(3)5-11-4/h6H,3,5H2,1-2,4H3,(H,9,10). The van der Waals surface area contributed by atoms with Crippen molar-refractivity contribution in [2.45, 2.75) is 19.9 Å². The molecule has 0 aliphatic carbocycles. The third kappa shape index (κ3) is 4.56. The topological polar surface area (TPSA) is 38.3 Å². The van der Waals surface area contributed by atoms with Crippen molar-refractivity contribution in [3.8, 4) is 0 Å². The number of ether oxygens (including phenoxy) is 1. The zero-order valence-electron chi connectivity index (χ0n) is 7.31. The minimum Gasteiger partial charge on any atom is -0.380 e. The molecule has 64 valence electrons. The van der Waals surface area contributed by atoms with Gasteiger partial charge in [0.1, 0.15) is 0 Å². The summed E-state index contributed by atoms with van der Waals surface area (Å²) in [6.07, 6.45) is 0. The highest BCUT2D eigenvalue weighted by atomic mass is 16.5. The molecule has 0 aromatic carbocycles. The van der Waals surface area contributed by atoms with E-state index in [1.54, 1.807) is 0 Å². The molecule has 0 aromatic heterocycles. The number of carbonyl (C=O) groups is 1. The Morgan fingerprint density at radius 1 is 1.64 bits per heavy atom. The second kappa shape index (κ2) is 4.91. The Labute approximate surface area is 67.4 Å². The Bertz CT molecular complexity index is 152. The molecule has 0 fully saturated rings. The smallest absolute Gasteiger partial charge is 0.249 e. The zero-order chi connectivity index (χ0) is 8.85. The SMILES string of the molecule is C=C(COC)C(=O)NC(C)C. The van der Waals surface area contributed by atoms with E-state index in [0.717, 1.165) is 0 Å². The molecule has 0 atom stereocenters. The predicted octanol–water partition coefficient (Wildman–Crippen LogP) is 0.714. The van der Waals surface area contributed by atoms with Crippen LogP contribution in [0.4, 0.5) is 0 Å². The fourth-order valence-corrected chi connectivity index (χ4v) is 0.604. The monoisotopic (exact) mass is 157 g/mol. The van der Waals surface area contributed by atoms with Gasteiger partial charge < -0.3 is 10.1 Å². The van der Waals surface area contributed by atoms with Crippen molar-refractivity contribution >= 4 is 5.91 Å². The average Bonchev–Trinajstić information content (AvgIpc) is 1.86. The van der Waals surface area contributed by atoms with Gasteiger partial charge >= 0.3 is 0 Å². The van der Waals surface area contributed by atoms with Gasteiger partial charge in [-0.05, 0) is 13.8 Å². The van der Waals surface area contributed by atoms with Crippen molar-refractivity contribution in [3.63, 3.8) is 0 Å². The van der Waals surface area contributed by atoms with Crippen molar-refractivity contribution in [2.24, 2.45) is 0 Å². The van der Waals surface area contributed by atoms with Crippen LogP contribution in [0.25, 0.3) is 0 Å². The normalized spacial score (nSPS) is 9.82. The van der Waals surface area contributed by atoms with Crippen molar-refractivity contribution in [1.29, 1.82) is 0 Å². The van der Waals surface area contributed by atoms with E-state index >= 15 is 0 Å². The van der Waals surface area contributed by atoms with Gasteiger partial charge in [0.05, 0.1) is 6.61 Å². The Hall–Kier alpha value is -0.830. The molecule has 0 aromatic rings. The van der Waals surface area contributed by atoms with Gasteiger partial charge in [-0.3, -0.25) is 4.79 Å². The Kier molecular flexibility index (Phi) is 4.54. The molecule has 0 aliphatic heterocycles. The lowest BCUT2D eigenvalue weighted by Gasteiger charge is -2.08. The van der Waals surface area contributed by atoms with Crippen LogP contribution in [-0.2, 0) is 9.53 Å². The van der Waals surface area contributed by atoms with E-state index in [-0.39, 0.29) is 11.9 Å². The van der Waals surface area contributed by atoms with Gasteiger partial charge in [0.15, 0.2) is 0 Å². The molecule has 0 spiro atoms. The molecule has 0 saturated heterocycles. The van der Waals surface area contributed by atoms with Crippen LogP contribution in [-0.4, -0.2) is 25.7 Å². The Morgan fingerprint density at radius 2 is 2.18 bits per heavy atom. The van der Waals surface area contributed by atoms with Crippen molar-refractivity contribution in [2.75, 3.05) is 13.7 Å². The fourth-order valence-electron chi connectivity index (χ4n) is 0.604. The lowest BCUT2D eigenvalue weighted by molar-refractivity contribution is -0.118. The van der Waals surface area contributed by atoms with Gasteiger partial charge in [-0.25, -0.2) is 0 Å². The summed E-state index contributed by atoms with van der Waals surface area (Å²) in [6.45, 7) is 7.65. The lowest BCUT2D eigenvalue weighted by atomic mass is 10.3. The first-order valence-corrected chi connectivity index (χ1v) is 3.55. The number of nitrogens with one attached hydrogen (secondary N) is 1. The third-order valence-electron chi connectivity index (χ3n) is 1.06. The number of methoxy groups -OCH3 is 1. The zero-order valence-corrected chi connectivity index (χ0v) is 7.31. The number of hydrogen-bond acceptors (Lipinski definition) is 2. The van der Waals surface area contributed by atoms with Crippen LogP contribution in [0.2, 0.25) is 0 Å². The quantitative estimate of drug-likeness (QED) is 0.610. The average molecular weight is 157 g/mol. The van der Waals surface area contributed by atoms with Gasteiger partial charge in [0, 0.05) is 18.7 Å². The van der Waals surface area contributed by atoms with Gasteiger partial charge in [-0.1, -0.05) is 6.58 Å². The predicted molar refractivity (Wildman–Crippen MR) is 44.3 cm³/mol. The van der Waals surface area contributed by atoms with Crippen LogP contribution >= 0.6 is 0 Å². The van der Waals surface area contributed by atoms with Crippen LogP contribution < -0.4 is 5.32 Å². The van der Waals surface area contributed by atoms with E-state index in [2.05, 4.69) is 11.9 Å². The number of hydrogen-bond donors (Lipinski definition) is 1. The van der Waals surface area contributed by atoms with E-state index in [0.29, 0.717) is 12.2 Å². The van der Waals surface area contributed by atoms with E-state index in [9.17, 15) is 4.79 Å². The molecule has 1 N–H and O–H groups in total. The summed E-state index contributed by atoms with van der Waals surface area (Å²) in [5, 5.41) is 2.71. The van der Waals surface area contributed by atoms with Crippen LogP contribution in [0.15, 0.2) is 12.2 Å². The molecule has 0 radical (unpaired) electrons. The minimum atomic E-state index is -0.137. The maximum atomic E-state index is 11.1. The molecule has 0 bridgehead atoms. The maximum Gasteiger partial charge on any atom is 0.249 e. The lowest BCUT2D eigenvalue weighted by Crippen LogP contribution is -2.32. The first-order valence-electron chi connectivity index (χ1n) is 3.55. The van der Waals surface area contributed by atoms with Gasteiger partial charge in [0.25, 0.3) is 0 Å². The summed E-state index contributed by atoms with van der Waals surface area (Å²) in [6, 6.07) is 0.149. The summed E-state index contributed by atoms with van der Waals surface area (Å²) < 4.78 is 4.75. The van der Waals surface area contributed by atoms with Gasteiger partial charge in [-0.15, -0.1) is 0 Å². The molecule has 0 heterocycles. The summed E-state index contributed by atoms with van der Waals surface area (Å²) in [7, 11) is 1.54. The second-order valence-electron chi connectivity index (χ2n) is 2.66.